The van der Waals surface area contributed by atoms with Gasteiger partial charge in [0.25, 0.3) is 0 Å². The average molecular weight is 272 g/mol. The number of likely N-dealkylation sites (tertiary alicyclic amines) is 1. The number of piperidine rings is 1. The Balaban J connectivity index is 1.61. The summed E-state index contributed by atoms with van der Waals surface area (Å²) in [5, 5.41) is 3.49. The van der Waals surface area contributed by atoms with Gasteiger partial charge >= 0.3 is 0 Å². The molecular formula is C17H24N2O. The van der Waals surface area contributed by atoms with Gasteiger partial charge in [0.1, 0.15) is 0 Å². The van der Waals surface area contributed by atoms with E-state index in [9.17, 15) is 4.79 Å². The maximum absolute atomic E-state index is 12.5. The number of carbonyl (C=O) groups excluding carboxylic acids is 1. The van der Waals surface area contributed by atoms with E-state index < -0.39 is 0 Å². The van der Waals surface area contributed by atoms with Crippen LogP contribution in [0.1, 0.15) is 43.7 Å². The molecule has 2 aliphatic rings. The van der Waals surface area contributed by atoms with Crippen LogP contribution < -0.4 is 5.32 Å². The second kappa shape index (κ2) is 5.96. The van der Waals surface area contributed by atoms with Crippen LogP contribution in [0.5, 0.6) is 0 Å². The van der Waals surface area contributed by atoms with Gasteiger partial charge in [-0.1, -0.05) is 31.2 Å². The minimum absolute atomic E-state index is 0.0613. The van der Waals surface area contributed by atoms with E-state index in [0.29, 0.717) is 11.9 Å². The summed E-state index contributed by atoms with van der Waals surface area (Å²) in [5.41, 5.74) is 2.59. The normalized spacial score (nSPS) is 23.1. The quantitative estimate of drug-likeness (QED) is 0.893. The standard InChI is InChI=1S/C17H24N2O/c1-2-13-5-7-14(8-6-13)12-19-11-3-4-16(17(19)20)18-15-9-10-15/h5-8,15-16,18H,2-4,9-12H2,1H3. The molecule has 1 aliphatic carbocycles. The first-order chi connectivity index (χ1) is 9.76. The van der Waals surface area contributed by atoms with Crippen molar-refractivity contribution in [1.29, 1.82) is 0 Å². The molecule has 0 bridgehead atoms. The molecule has 1 aromatic rings. The van der Waals surface area contributed by atoms with E-state index in [4.69, 9.17) is 0 Å². The molecule has 1 amide bonds. The van der Waals surface area contributed by atoms with Gasteiger partial charge in [-0.25, -0.2) is 0 Å². The lowest BCUT2D eigenvalue weighted by Gasteiger charge is -2.33. The Morgan fingerprint density at radius 1 is 1.15 bits per heavy atom. The van der Waals surface area contributed by atoms with E-state index in [1.807, 2.05) is 4.90 Å². The summed E-state index contributed by atoms with van der Waals surface area (Å²) in [4.78, 5) is 14.5. The Morgan fingerprint density at radius 3 is 2.50 bits per heavy atom. The zero-order valence-electron chi connectivity index (χ0n) is 12.3. The zero-order chi connectivity index (χ0) is 13.9. The van der Waals surface area contributed by atoms with Gasteiger partial charge in [0.2, 0.25) is 5.91 Å². The highest BCUT2D eigenvalue weighted by Crippen LogP contribution is 2.23. The fraction of sp³-hybridized carbons (Fsp3) is 0.588. The molecule has 3 rings (SSSR count). The number of hydrogen-bond donors (Lipinski definition) is 1. The van der Waals surface area contributed by atoms with E-state index in [0.717, 1.165) is 32.4 Å². The SMILES string of the molecule is CCc1ccc(CN2CCCC(NC3CC3)C2=O)cc1. The predicted molar refractivity (Wildman–Crippen MR) is 80.4 cm³/mol. The van der Waals surface area contributed by atoms with Gasteiger partial charge in [0.05, 0.1) is 6.04 Å². The summed E-state index contributed by atoms with van der Waals surface area (Å²) in [6, 6.07) is 9.32. The van der Waals surface area contributed by atoms with Crippen LogP contribution in [0.15, 0.2) is 24.3 Å². The van der Waals surface area contributed by atoms with Gasteiger partial charge in [-0.2, -0.15) is 0 Å². The lowest BCUT2D eigenvalue weighted by Crippen LogP contribution is -2.50. The zero-order valence-corrected chi connectivity index (χ0v) is 12.3. The van der Waals surface area contributed by atoms with Crippen LogP contribution in [0, 0.1) is 0 Å². The van der Waals surface area contributed by atoms with Crippen molar-refractivity contribution in [2.75, 3.05) is 6.54 Å². The predicted octanol–water partition coefficient (Wildman–Crippen LogP) is 2.49. The molecule has 108 valence electrons. The van der Waals surface area contributed by atoms with Crippen molar-refractivity contribution in [2.24, 2.45) is 0 Å². The van der Waals surface area contributed by atoms with Crippen molar-refractivity contribution >= 4 is 5.91 Å². The van der Waals surface area contributed by atoms with Crippen LogP contribution in [0.25, 0.3) is 0 Å². The first kappa shape index (κ1) is 13.6. The van der Waals surface area contributed by atoms with Crippen molar-refractivity contribution in [3.8, 4) is 0 Å². The van der Waals surface area contributed by atoms with Gasteiger partial charge in [0, 0.05) is 19.1 Å². The van der Waals surface area contributed by atoms with Crippen LogP contribution in [-0.4, -0.2) is 29.4 Å². The largest absolute Gasteiger partial charge is 0.337 e. The van der Waals surface area contributed by atoms with Crippen LogP contribution in [0.3, 0.4) is 0 Å². The molecule has 1 heterocycles. The number of amides is 1. The van der Waals surface area contributed by atoms with Crippen LogP contribution >= 0.6 is 0 Å². The third-order valence-electron chi connectivity index (χ3n) is 4.35. The number of hydrogen-bond acceptors (Lipinski definition) is 2. The summed E-state index contributed by atoms with van der Waals surface area (Å²) >= 11 is 0. The highest BCUT2D eigenvalue weighted by atomic mass is 16.2. The molecule has 0 spiro atoms. The number of nitrogens with one attached hydrogen (secondary N) is 1. The summed E-state index contributed by atoms with van der Waals surface area (Å²) in [7, 11) is 0. The second-order valence-electron chi connectivity index (χ2n) is 6.07. The molecule has 3 nitrogen and oxygen atoms in total. The number of carbonyl (C=O) groups is 1. The van der Waals surface area contributed by atoms with Gasteiger partial charge in [-0.15, -0.1) is 0 Å². The second-order valence-corrected chi connectivity index (χ2v) is 6.07. The Hall–Kier alpha value is -1.35. The topological polar surface area (TPSA) is 32.3 Å². The smallest absolute Gasteiger partial charge is 0.240 e. The average Bonchev–Trinajstić information content (AvgIpc) is 3.28. The molecule has 1 saturated carbocycles. The van der Waals surface area contributed by atoms with Gasteiger partial charge in [0.15, 0.2) is 0 Å². The highest BCUT2D eigenvalue weighted by molar-refractivity contribution is 5.82. The summed E-state index contributed by atoms with van der Waals surface area (Å²) in [5.74, 6) is 0.294. The fourth-order valence-corrected chi connectivity index (χ4v) is 2.89. The van der Waals surface area contributed by atoms with Gasteiger partial charge < -0.3 is 10.2 Å². The molecule has 2 fully saturated rings. The summed E-state index contributed by atoms with van der Waals surface area (Å²) in [6.45, 7) is 3.82. The van der Waals surface area contributed by atoms with Crippen LogP contribution in [-0.2, 0) is 17.8 Å². The van der Waals surface area contributed by atoms with Crippen molar-refractivity contribution in [1.82, 2.24) is 10.2 Å². The molecular weight excluding hydrogens is 248 g/mol. The van der Waals surface area contributed by atoms with Crippen molar-refractivity contribution in [3.05, 3.63) is 35.4 Å². The maximum Gasteiger partial charge on any atom is 0.240 e. The van der Waals surface area contributed by atoms with E-state index in [1.165, 1.54) is 24.0 Å². The minimum atomic E-state index is 0.0613. The number of rotatable bonds is 5. The van der Waals surface area contributed by atoms with E-state index >= 15 is 0 Å². The third-order valence-corrected chi connectivity index (χ3v) is 4.35. The number of benzene rings is 1. The van der Waals surface area contributed by atoms with Crippen molar-refractivity contribution in [2.45, 2.75) is 57.7 Å². The maximum atomic E-state index is 12.5. The number of nitrogens with zero attached hydrogens (tertiary/aromatic N) is 1. The van der Waals surface area contributed by atoms with Gasteiger partial charge in [-0.05, 0) is 43.2 Å². The molecule has 3 heteroatoms. The summed E-state index contributed by atoms with van der Waals surface area (Å²) < 4.78 is 0. The van der Waals surface area contributed by atoms with Crippen molar-refractivity contribution in [3.63, 3.8) is 0 Å². The molecule has 1 unspecified atom stereocenters. The molecule has 1 saturated heterocycles. The Bertz CT molecular complexity index is 464. The molecule has 1 aromatic carbocycles. The lowest BCUT2D eigenvalue weighted by molar-refractivity contribution is -0.136. The van der Waals surface area contributed by atoms with E-state index in [-0.39, 0.29) is 6.04 Å². The van der Waals surface area contributed by atoms with E-state index in [2.05, 4.69) is 36.5 Å². The Kier molecular flexibility index (Phi) is 4.06. The molecule has 1 aliphatic heterocycles. The molecule has 0 radical (unpaired) electrons. The van der Waals surface area contributed by atoms with Crippen molar-refractivity contribution < 1.29 is 4.79 Å². The fourth-order valence-electron chi connectivity index (χ4n) is 2.89. The third kappa shape index (κ3) is 3.21. The molecule has 20 heavy (non-hydrogen) atoms. The molecule has 1 N–H and O–H groups in total. The monoisotopic (exact) mass is 272 g/mol. The Morgan fingerprint density at radius 2 is 1.85 bits per heavy atom. The van der Waals surface area contributed by atoms with Crippen LogP contribution in [0.4, 0.5) is 0 Å². The first-order valence-electron chi connectivity index (χ1n) is 7.89. The van der Waals surface area contributed by atoms with Crippen LogP contribution in [0.2, 0.25) is 0 Å². The van der Waals surface area contributed by atoms with Gasteiger partial charge in [-0.3, -0.25) is 4.79 Å². The van der Waals surface area contributed by atoms with E-state index in [1.54, 1.807) is 0 Å². The lowest BCUT2D eigenvalue weighted by atomic mass is 10.0. The first-order valence-corrected chi connectivity index (χ1v) is 7.89. The molecule has 0 aromatic heterocycles. The summed E-state index contributed by atoms with van der Waals surface area (Å²) in [6.07, 6.45) is 5.66. The minimum Gasteiger partial charge on any atom is -0.337 e. The molecule has 1 atom stereocenters. The Labute approximate surface area is 121 Å². The highest BCUT2D eigenvalue weighted by Gasteiger charge is 2.33. The number of aryl methyl sites for hydroxylation is 1.